The van der Waals surface area contributed by atoms with Crippen molar-refractivity contribution in [2.75, 3.05) is 32.1 Å². The molecule has 1 aliphatic rings. The van der Waals surface area contributed by atoms with Gasteiger partial charge in [-0.3, -0.25) is 4.79 Å². The van der Waals surface area contributed by atoms with E-state index in [4.69, 9.17) is 21.1 Å². The van der Waals surface area contributed by atoms with Gasteiger partial charge in [-0.15, -0.1) is 11.3 Å². The number of hydrogen-bond donors (Lipinski definition) is 1. The third-order valence-electron chi connectivity index (χ3n) is 5.77. The van der Waals surface area contributed by atoms with Crippen LogP contribution in [0.1, 0.15) is 29.4 Å². The number of methoxy groups -OCH3 is 1. The Labute approximate surface area is 212 Å². The highest BCUT2D eigenvalue weighted by Gasteiger charge is 2.33. The first-order valence-electron chi connectivity index (χ1n) is 11.1. The molecule has 2 heterocycles. The molecule has 35 heavy (non-hydrogen) atoms. The van der Waals surface area contributed by atoms with Gasteiger partial charge in [0.25, 0.3) is 0 Å². The molecule has 3 aromatic rings. The molecule has 1 atom stereocenters. The van der Waals surface area contributed by atoms with Gasteiger partial charge in [-0.2, -0.15) is 4.31 Å². The zero-order valence-electron chi connectivity index (χ0n) is 19.2. The van der Waals surface area contributed by atoms with E-state index in [2.05, 4.69) is 5.32 Å². The Morgan fingerprint density at radius 3 is 2.71 bits per heavy atom. The van der Waals surface area contributed by atoms with E-state index in [1.165, 1.54) is 34.9 Å². The van der Waals surface area contributed by atoms with Crippen molar-refractivity contribution in [2.24, 2.45) is 5.92 Å². The smallest absolute Gasteiger partial charge is 0.348 e. The van der Waals surface area contributed by atoms with Gasteiger partial charge in [0.1, 0.15) is 10.6 Å². The Kier molecular flexibility index (Phi) is 7.65. The van der Waals surface area contributed by atoms with Crippen molar-refractivity contribution in [1.29, 1.82) is 0 Å². The number of halogens is 1. The Morgan fingerprint density at radius 2 is 2.00 bits per heavy atom. The molecule has 0 saturated carbocycles. The van der Waals surface area contributed by atoms with E-state index in [0.717, 1.165) is 10.1 Å². The number of ether oxygens (including phenoxy) is 2. The monoisotopic (exact) mass is 536 g/mol. The van der Waals surface area contributed by atoms with Crippen molar-refractivity contribution < 1.29 is 27.5 Å². The van der Waals surface area contributed by atoms with E-state index in [-0.39, 0.29) is 22.4 Å². The molecule has 2 aromatic carbocycles. The topological polar surface area (TPSA) is 102 Å². The van der Waals surface area contributed by atoms with Gasteiger partial charge in [-0.1, -0.05) is 11.6 Å². The van der Waals surface area contributed by atoms with Gasteiger partial charge in [0, 0.05) is 23.5 Å². The number of nitrogens with one attached hydrogen (secondary N) is 1. The molecule has 1 fully saturated rings. The number of anilines is 1. The van der Waals surface area contributed by atoms with E-state index >= 15 is 0 Å². The van der Waals surface area contributed by atoms with Gasteiger partial charge in [-0.05, 0) is 67.6 Å². The minimum Gasteiger partial charge on any atom is -0.492 e. The number of sulfonamides is 1. The Hall–Kier alpha value is -2.66. The van der Waals surface area contributed by atoms with Crippen LogP contribution in [0.15, 0.2) is 47.4 Å². The molecule has 0 spiro atoms. The minimum absolute atomic E-state index is 0.0660. The van der Waals surface area contributed by atoms with Gasteiger partial charge >= 0.3 is 5.97 Å². The van der Waals surface area contributed by atoms with E-state index in [1.54, 1.807) is 24.3 Å². The molecule has 1 saturated heterocycles. The molecule has 1 amide bonds. The van der Waals surface area contributed by atoms with E-state index in [1.807, 2.05) is 13.0 Å². The lowest BCUT2D eigenvalue weighted by molar-refractivity contribution is -0.120. The molecule has 0 radical (unpaired) electrons. The average Bonchev–Trinajstić information content (AvgIpc) is 3.28. The van der Waals surface area contributed by atoms with Crippen LogP contribution in [0.3, 0.4) is 0 Å². The fourth-order valence-corrected chi connectivity index (χ4v) is 6.82. The summed E-state index contributed by atoms with van der Waals surface area (Å²) >= 11 is 7.51. The number of amides is 1. The minimum atomic E-state index is -3.82. The lowest BCUT2D eigenvalue weighted by atomic mass is 9.98. The summed E-state index contributed by atoms with van der Waals surface area (Å²) in [5.41, 5.74) is 0.579. The fraction of sp³-hybridized carbons (Fsp3) is 0.333. The number of fused-ring (bicyclic) bond motifs is 1. The number of carbonyl (C=O) groups is 2. The number of thiophene rings is 1. The summed E-state index contributed by atoms with van der Waals surface area (Å²) < 4.78 is 38.8. The number of hydrogen-bond acceptors (Lipinski definition) is 7. The predicted molar refractivity (Wildman–Crippen MR) is 136 cm³/mol. The second-order valence-corrected chi connectivity index (χ2v) is 11.5. The maximum Gasteiger partial charge on any atom is 0.348 e. The number of nitrogens with zero attached hydrogens (tertiary/aromatic N) is 1. The van der Waals surface area contributed by atoms with E-state index in [0.29, 0.717) is 42.3 Å². The molecule has 1 aromatic heterocycles. The van der Waals surface area contributed by atoms with Crippen LogP contribution in [0.25, 0.3) is 10.1 Å². The molecule has 11 heteroatoms. The molecule has 186 valence electrons. The van der Waals surface area contributed by atoms with Crippen molar-refractivity contribution in [3.05, 3.63) is 52.4 Å². The molecule has 0 unspecified atom stereocenters. The molecular weight excluding hydrogens is 512 g/mol. The summed E-state index contributed by atoms with van der Waals surface area (Å²) in [6, 6.07) is 11.5. The SMILES string of the molecule is CCOc1ccc(S(=O)(=O)N2CCC[C@H](C(=O)Nc3ccc4sc(C(=O)OC)cc4c3)C2)cc1Cl. The molecule has 4 rings (SSSR count). The van der Waals surface area contributed by atoms with Crippen LogP contribution < -0.4 is 10.1 Å². The number of esters is 1. The number of rotatable bonds is 7. The summed E-state index contributed by atoms with van der Waals surface area (Å²) in [7, 11) is -2.49. The van der Waals surface area contributed by atoms with E-state index < -0.39 is 21.9 Å². The van der Waals surface area contributed by atoms with Crippen LogP contribution >= 0.6 is 22.9 Å². The highest BCUT2D eigenvalue weighted by molar-refractivity contribution is 7.89. The second-order valence-electron chi connectivity index (χ2n) is 8.07. The summed E-state index contributed by atoms with van der Waals surface area (Å²) in [5.74, 6) is -0.739. The van der Waals surface area contributed by atoms with Crippen molar-refractivity contribution in [3.63, 3.8) is 0 Å². The predicted octanol–water partition coefficient (Wildman–Crippen LogP) is 4.78. The first-order valence-corrected chi connectivity index (χ1v) is 13.7. The van der Waals surface area contributed by atoms with E-state index in [9.17, 15) is 18.0 Å². The standard InChI is InChI=1S/C24H25ClN2O6S2/c1-3-33-20-8-7-18(13-19(20)25)35(30,31)27-10-4-5-15(14-27)23(28)26-17-6-9-21-16(11-17)12-22(34-21)24(29)32-2/h6-9,11-13,15H,3-5,10,14H2,1-2H3,(H,26,28)/t15-/m0/s1. The third kappa shape index (κ3) is 5.45. The lowest BCUT2D eigenvalue weighted by Crippen LogP contribution is -2.43. The first-order chi connectivity index (χ1) is 16.7. The average molecular weight is 537 g/mol. The van der Waals surface area contributed by atoms with Gasteiger partial charge in [0.05, 0.1) is 29.6 Å². The van der Waals surface area contributed by atoms with Crippen LogP contribution in [-0.2, 0) is 19.6 Å². The quantitative estimate of drug-likeness (QED) is 0.436. The van der Waals surface area contributed by atoms with Crippen LogP contribution in [-0.4, -0.2) is 51.4 Å². The molecule has 1 aliphatic heterocycles. The Balaban J connectivity index is 1.47. The summed E-state index contributed by atoms with van der Waals surface area (Å²) in [6.45, 7) is 2.64. The zero-order chi connectivity index (χ0) is 25.2. The van der Waals surface area contributed by atoms with Gasteiger partial charge in [-0.25, -0.2) is 13.2 Å². The Bertz CT molecular complexity index is 1370. The van der Waals surface area contributed by atoms with Crippen LogP contribution in [0.5, 0.6) is 5.75 Å². The summed E-state index contributed by atoms with van der Waals surface area (Å²) in [4.78, 5) is 25.3. The Morgan fingerprint density at radius 1 is 1.20 bits per heavy atom. The number of benzene rings is 2. The molecule has 0 bridgehead atoms. The van der Waals surface area contributed by atoms with Gasteiger partial charge in [0.15, 0.2) is 0 Å². The summed E-state index contributed by atoms with van der Waals surface area (Å²) in [6.07, 6.45) is 1.14. The highest BCUT2D eigenvalue weighted by Crippen LogP contribution is 2.32. The van der Waals surface area contributed by atoms with Crippen molar-refractivity contribution in [2.45, 2.75) is 24.7 Å². The molecular formula is C24H25ClN2O6S2. The normalized spacial score (nSPS) is 16.7. The lowest BCUT2D eigenvalue weighted by Gasteiger charge is -2.31. The highest BCUT2D eigenvalue weighted by atomic mass is 35.5. The molecule has 8 nitrogen and oxygen atoms in total. The second kappa shape index (κ2) is 10.5. The maximum absolute atomic E-state index is 13.2. The fourth-order valence-electron chi connectivity index (χ4n) is 4.01. The number of piperidine rings is 1. The first kappa shape index (κ1) is 25.4. The van der Waals surface area contributed by atoms with Crippen molar-refractivity contribution in [3.8, 4) is 5.75 Å². The van der Waals surface area contributed by atoms with Crippen LogP contribution in [0.4, 0.5) is 5.69 Å². The van der Waals surface area contributed by atoms with Crippen LogP contribution in [0.2, 0.25) is 5.02 Å². The van der Waals surface area contributed by atoms with Crippen molar-refractivity contribution in [1.82, 2.24) is 4.31 Å². The molecule has 0 aliphatic carbocycles. The van der Waals surface area contributed by atoms with Gasteiger partial charge < -0.3 is 14.8 Å². The number of carbonyl (C=O) groups excluding carboxylic acids is 2. The third-order valence-corrected chi connectivity index (χ3v) is 9.02. The maximum atomic E-state index is 13.2. The molecule has 1 N–H and O–H groups in total. The zero-order valence-corrected chi connectivity index (χ0v) is 21.6. The van der Waals surface area contributed by atoms with Crippen molar-refractivity contribution >= 4 is 60.6 Å². The van der Waals surface area contributed by atoms with Gasteiger partial charge in [0.2, 0.25) is 15.9 Å². The van der Waals surface area contributed by atoms with Crippen LogP contribution in [0, 0.1) is 5.92 Å². The largest absolute Gasteiger partial charge is 0.492 e. The summed E-state index contributed by atoms with van der Waals surface area (Å²) in [5, 5.41) is 3.92.